The zero-order valence-electron chi connectivity index (χ0n) is 19.1. The fourth-order valence-corrected chi connectivity index (χ4v) is 5.03. The summed E-state index contributed by atoms with van der Waals surface area (Å²) in [4.78, 5) is 0. The van der Waals surface area contributed by atoms with E-state index in [9.17, 15) is 5.26 Å². The van der Waals surface area contributed by atoms with E-state index in [1.54, 1.807) is 0 Å². The number of nitriles is 1. The van der Waals surface area contributed by atoms with Crippen molar-refractivity contribution in [2.24, 2.45) is 5.41 Å². The van der Waals surface area contributed by atoms with Gasteiger partial charge in [-0.2, -0.15) is 5.26 Å². The summed E-state index contributed by atoms with van der Waals surface area (Å²) in [6, 6.07) is 21.1. The first-order chi connectivity index (χ1) is 14.7. The minimum Gasteiger partial charge on any atom is -0.198 e. The number of aryl methyl sites for hydroxylation is 1. The summed E-state index contributed by atoms with van der Waals surface area (Å²) < 4.78 is 0. The predicted molar refractivity (Wildman–Crippen MR) is 129 cm³/mol. The van der Waals surface area contributed by atoms with Gasteiger partial charge >= 0.3 is 0 Å². The van der Waals surface area contributed by atoms with Gasteiger partial charge in [-0.3, -0.25) is 0 Å². The van der Waals surface area contributed by atoms with Crippen LogP contribution in [-0.2, 0) is 6.42 Å². The van der Waals surface area contributed by atoms with Crippen LogP contribution in [0.4, 0.5) is 0 Å². The van der Waals surface area contributed by atoms with E-state index in [1.807, 2.05) is 0 Å². The molecule has 0 saturated heterocycles. The third-order valence-corrected chi connectivity index (χ3v) is 7.18. The average molecular weight is 402 g/mol. The molecule has 0 bridgehead atoms. The first-order valence-electron chi connectivity index (χ1n) is 12.3. The Morgan fingerprint density at radius 2 is 1.37 bits per heavy atom. The first kappa shape index (κ1) is 22.6. The summed E-state index contributed by atoms with van der Waals surface area (Å²) in [5.74, 6) is 0.618. The van der Waals surface area contributed by atoms with Crippen LogP contribution in [0.25, 0.3) is 11.1 Å². The molecule has 1 saturated carbocycles. The van der Waals surface area contributed by atoms with Crippen molar-refractivity contribution in [2.45, 2.75) is 96.8 Å². The lowest BCUT2D eigenvalue weighted by molar-refractivity contribution is 0.223. The van der Waals surface area contributed by atoms with Crippen molar-refractivity contribution in [3.63, 3.8) is 0 Å². The maximum absolute atomic E-state index is 9.79. The second-order valence-corrected chi connectivity index (χ2v) is 9.40. The molecule has 0 heterocycles. The van der Waals surface area contributed by atoms with Gasteiger partial charge in [0, 0.05) is 0 Å². The smallest absolute Gasteiger partial charge is 0.0689 e. The van der Waals surface area contributed by atoms with Crippen LogP contribution in [0.1, 0.15) is 102 Å². The number of benzene rings is 2. The lowest BCUT2D eigenvalue weighted by Crippen LogP contribution is -2.25. The molecular weight excluding hydrogens is 362 g/mol. The molecule has 0 amide bonds. The molecule has 0 radical (unpaired) electrons. The molecule has 0 atom stereocenters. The van der Waals surface area contributed by atoms with Gasteiger partial charge in [0.05, 0.1) is 11.5 Å². The van der Waals surface area contributed by atoms with Gasteiger partial charge in [-0.1, -0.05) is 94.5 Å². The lowest BCUT2D eigenvalue weighted by atomic mass is 9.67. The number of rotatable bonds is 10. The second kappa shape index (κ2) is 11.4. The largest absolute Gasteiger partial charge is 0.198 e. The summed E-state index contributed by atoms with van der Waals surface area (Å²) in [5, 5.41) is 9.79. The van der Waals surface area contributed by atoms with Crippen molar-refractivity contribution in [1.29, 1.82) is 5.26 Å². The Bertz CT molecular complexity index is 786. The van der Waals surface area contributed by atoms with Gasteiger partial charge in [-0.15, -0.1) is 0 Å². The third kappa shape index (κ3) is 5.98. The summed E-state index contributed by atoms with van der Waals surface area (Å²) in [5.41, 5.74) is 5.47. The van der Waals surface area contributed by atoms with Crippen LogP contribution in [0.5, 0.6) is 0 Å². The normalized spacial score (nSPS) is 21.3. The van der Waals surface area contributed by atoms with Gasteiger partial charge in [0.2, 0.25) is 0 Å². The number of hydrogen-bond donors (Lipinski definition) is 0. The maximum Gasteiger partial charge on any atom is 0.0689 e. The third-order valence-electron chi connectivity index (χ3n) is 7.18. The standard InChI is InChI=1S/C29H39N/c1-3-5-7-9-24-10-12-25(13-11-24)26-14-16-27(17-15-26)28-18-21-29(23-30,22-19-28)20-8-6-4-2/h10-17,28H,3-9,18-22H2,1-2H3. The highest BCUT2D eigenvalue weighted by atomic mass is 14.4. The van der Waals surface area contributed by atoms with E-state index in [1.165, 1.54) is 67.2 Å². The molecule has 0 N–H and O–H groups in total. The highest BCUT2D eigenvalue weighted by Crippen LogP contribution is 2.45. The van der Waals surface area contributed by atoms with Gasteiger partial charge in [-0.05, 0) is 73.1 Å². The van der Waals surface area contributed by atoms with E-state index < -0.39 is 0 Å². The molecule has 2 aromatic rings. The Labute approximate surface area is 184 Å². The highest BCUT2D eigenvalue weighted by molar-refractivity contribution is 5.64. The quantitative estimate of drug-likeness (QED) is 0.365. The molecule has 2 aromatic carbocycles. The van der Waals surface area contributed by atoms with Crippen molar-refractivity contribution in [1.82, 2.24) is 0 Å². The fourth-order valence-electron chi connectivity index (χ4n) is 5.03. The Morgan fingerprint density at radius 1 is 0.800 bits per heavy atom. The van der Waals surface area contributed by atoms with Crippen molar-refractivity contribution in [2.75, 3.05) is 0 Å². The molecule has 1 fully saturated rings. The minimum atomic E-state index is -0.0511. The predicted octanol–water partition coefficient (Wildman–Crippen LogP) is 8.83. The number of nitrogens with zero attached hydrogens (tertiary/aromatic N) is 1. The Kier molecular flexibility index (Phi) is 8.56. The zero-order valence-corrected chi connectivity index (χ0v) is 19.1. The van der Waals surface area contributed by atoms with E-state index in [4.69, 9.17) is 0 Å². The molecule has 0 aromatic heterocycles. The maximum atomic E-state index is 9.79. The van der Waals surface area contributed by atoms with Crippen LogP contribution < -0.4 is 0 Å². The lowest BCUT2D eigenvalue weighted by Gasteiger charge is -2.35. The monoisotopic (exact) mass is 401 g/mol. The summed E-state index contributed by atoms with van der Waals surface area (Å²) in [7, 11) is 0. The molecule has 0 spiro atoms. The molecule has 1 aliphatic rings. The van der Waals surface area contributed by atoms with Crippen LogP contribution in [0, 0.1) is 16.7 Å². The molecule has 1 heteroatoms. The first-order valence-corrected chi connectivity index (χ1v) is 12.3. The molecule has 1 aliphatic carbocycles. The SMILES string of the molecule is CCCCCc1ccc(-c2ccc(C3CCC(C#N)(CCCCC)CC3)cc2)cc1. The van der Waals surface area contributed by atoms with Crippen molar-refractivity contribution < 1.29 is 0 Å². The average Bonchev–Trinajstić information content (AvgIpc) is 2.80. The molecule has 0 unspecified atom stereocenters. The van der Waals surface area contributed by atoms with Crippen LogP contribution in [0.2, 0.25) is 0 Å². The topological polar surface area (TPSA) is 23.8 Å². The molecule has 3 rings (SSSR count). The van der Waals surface area contributed by atoms with E-state index in [0.717, 1.165) is 32.1 Å². The second-order valence-electron chi connectivity index (χ2n) is 9.40. The highest BCUT2D eigenvalue weighted by Gasteiger charge is 2.35. The Morgan fingerprint density at radius 3 is 1.93 bits per heavy atom. The van der Waals surface area contributed by atoms with Gasteiger partial charge in [0.15, 0.2) is 0 Å². The zero-order chi connectivity index (χ0) is 21.2. The van der Waals surface area contributed by atoms with Crippen LogP contribution in [-0.4, -0.2) is 0 Å². The van der Waals surface area contributed by atoms with E-state index in [-0.39, 0.29) is 5.41 Å². The molecule has 1 nitrogen and oxygen atoms in total. The van der Waals surface area contributed by atoms with E-state index in [2.05, 4.69) is 68.4 Å². The van der Waals surface area contributed by atoms with Gasteiger partial charge in [-0.25, -0.2) is 0 Å². The molecule has 30 heavy (non-hydrogen) atoms. The van der Waals surface area contributed by atoms with Gasteiger partial charge in [0.25, 0.3) is 0 Å². The van der Waals surface area contributed by atoms with Crippen LogP contribution in [0.15, 0.2) is 48.5 Å². The fraction of sp³-hybridized carbons (Fsp3) is 0.552. The molecule has 160 valence electrons. The molecular formula is C29H39N. The molecule has 0 aliphatic heterocycles. The Hall–Kier alpha value is -2.07. The Balaban J connectivity index is 1.57. The van der Waals surface area contributed by atoms with E-state index >= 15 is 0 Å². The minimum absolute atomic E-state index is 0.0511. The summed E-state index contributed by atoms with van der Waals surface area (Å²) >= 11 is 0. The van der Waals surface area contributed by atoms with Crippen LogP contribution >= 0.6 is 0 Å². The summed E-state index contributed by atoms with van der Waals surface area (Å²) in [6.45, 7) is 4.50. The van der Waals surface area contributed by atoms with Crippen LogP contribution in [0.3, 0.4) is 0 Å². The van der Waals surface area contributed by atoms with Crippen molar-refractivity contribution in [3.05, 3.63) is 59.7 Å². The van der Waals surface area contributed by atoms with Gasteiger partial charge < -0.3 is 0 Å². The summed E-state index contributed by atoms with van der Waals surface area (Å²) in [6.07, 6.45) is 14.3. The van der Waals surface area contributed by atoms with E-state index in [0.29, 0.717) is 5.92 Å². The van der Waals surface area contributed by atoms with Gasteiger partial charge in [0.1, 0.15) is 0 Å². The van der Waals surface area contributed by atoms with Crippen molar-refractivity contribution in [3.8, 4) is 17.2 Å². The van der Waals surface area contributed by atoms with Crippen molar-refractivity contribution >= 4 is 0 Å². The number of hydrogen-bond acceptors (Lipinski definition) is 1. The number of unbranched alkanes of at least 4 members (excludes halogenated alkanes) is 4.